The van der Waals surface area contributed by atoms with Crippen molar-refractivity contribution in [1.29, 1.82) is 0 Å². The van der Waals surface area contributed by atoms with Gasteiger partial charge in [-0.2, -0.15) is 0 Å². The van der Waals surface area contributed by atoms with Crippen LogP contribution in [0.15, 0.2) is 0 Å². The molecule has 0 aliphatic heterocycles. The first kappa shape index (κ1) is 40.7. The molecule has 5 saturated carbocycles. The Morgan fingerprint density at radius 3 is 0.884 bits per heavy atom. The Labute approximate surface area is 266 Å². The summed E-state index contributed by atoms with van der Waals surface area (Å²) in [5.41, 5.74) is -0.150. The quantitative estimate of drug-likeness (QED) is 0.256. The van der Waals surface area contributed by atoms with Gasteiger partial charge in [-0.05, 0) is 109 Å². The van der Waals surface area contributed by atoms with Crippen LogP contribution in [0.3, 0.4) is 0 Å². The van der Waals surface area contributed by atoms with E-state index in [4.69, 9.17) is 0 Å². The summed E-state index contributed by atoms with van der Waals surface area (Å²) in [7, 11) is 0. The average Bonchev–Trinajstić information content (AvgIpc) is 3.56. The molecule has 0 saturated heterocycles. The van der Waals surface area contributed by atoms with Crippen molar-refractivity contribution < 1.29 is 17.6 Å². The maximum Gasteiger partial charge on any atom is 0.248 e. The first-order chi connectivity index (χ1) is 18.7. The second-order valence-corrected chi connectivity index (χ2v) is 20.6. The summed E-state index contributed by atoms with van der Waals surface area (Å²) in [4.78, 5) is 0. The zero-order valence-electron chi connectivity index (χ0n) is 31.8. The third-order valence-electron chi connectivity index (χ3n) is 11.8. The molecule has 0 amide bonds. The van der Waals surface area contributed by atoms with Gasteiger partial charge in [0.2, 0.25) is 5.92 Å². The Kier molecular flexibility index (Phi) is 12.4. The lowest BCUT2D eigenvalue weighted by molar-refractivity contribution is -0.138. The third kappa shape index (κ3) is 13.2. The third-order valence-corrected chi connectivity index (χ3v) is 11.8. The van der Waals surface area contributed by atoms with Crippen molar-refractivity contribution in [3.05, 3.63) is 0 Å². The summed E-state index contributed by atoms with van der Waals surface area (Å²) in [6, 6.07) is 0. The molecule has 0 nitrogen and oxygen atoms in total. The average molecular weight is 619 g/mol. The zero-order valence-corrected chi connectivity index (χ0v) is 31.8. The van der Waals surface area contributed by atoms with Crippen LogP contribution in [0.4, 0.5) is 17.6 Å². The van der Waals surface area contributed by atoms with Crippen LogP contribution in [-0.2, 0) is 0 Å². The highest BCUT2D eigenvalue weighted by atomic mass is 19.3. The summed E-state index contributed by atoms with van der Waals surface area (Å²) in [5.74, 6) is -0.736. The molecule has 0 aromatic rings. The Morgan fingerprint density at radius 1 is 0.488 bits per heavy atom. The van der Waals surface area contributed by atoms with Gasteiger partial charge >= 0.3 is 0 Å². The normalized spacial score (nSPS) is 25.3. The van der Waals surface area contributed by atoms with E-state index < -0.39 is 17.3 Å². The molecule has 4 heteroatoms. The van der Waals surface area contributed by atoms with Crippen molar-refractivity contribution in [2.45, 2.75) is 199 Å². The predicted molar refractivity (Wildman–Crippen MR) is 180 cm³/mol. The molecule has 0 aromatic carbocycles. The van der Waals surface area contributed by atoms with Gasteiger partial charge in [-0.25, -0.2) is 17.6 Å². The largest absolute Gasteiger partial charge is 0.248 e. The molecule has 5 aliphatic carbocycles. The Hall–Kier alpha value is -0.280. The number of alkyl halides is 4. The Balaban J connectivity index is 0.000000270. The molecule has 1 atom stereocenters. The summed E-state index contributed by atoms with van der Waals surface area (Å²) in [6.07, 6.45) is 9.74. The SMILES string of the molecule is CC(C)(C)C(C)(F)C1CC1.CC(C)(C)C1(C)CC1.CC(C)(C)C1(F)CC1.CC(C)(C)C1CC(F)(F)C1.CC(C)(C)C1CC1. The molecule has 0 spiro atoms. The van der Waals surface area contributed by atoms with Crippen molar-refractivity contribution in [2.75, 3.05) is 0 Å². The number of hydrogen-bond acceptors (Lipinski definition) is 0. The summed E-state index contributed by atoms with van der Waals surface area (Å²) < 4.78 is 51.4. The van der Waals surface area contributed by atoms with Gasteiger partial charge in [0.05, 0.1) is 0 Å². The number of rotatable bonds is 1. The molecule has 0 heterocycles. The molecule has 1 unspecified atom stereocenters. The predicted octanol–water partition coefficient (Wildman–Crippen LogP) is 14.1. The van der Waals surface area contributed by atoms with Crippen LogP contribution in [0.25, 0.3) is 0 Å². The molecule has 5 rings (SSSR count). The molecule has 258 valence electrons. The van der Waals surface area contributed by atoms with Gasteiger partial charge in [-0.15, -0.1) is 0 Å². The van der Waals surface area contributed by atoms with Crippen molar-refractivity contribution >= 4 is 0 Å². The van der Waals surface area contributed by atoms with Gasteiger partial charge < -0.3 is 0 Å². The molecule has 5 fully saturated rings. The summed E-state index contributed by atoms with van der Waals surface area (Å²) >= 11 is 0. The number of hydrogen-bond donors (Lipinski definition) is 0. The highest BCUT2D eigenvalue weighted by Gasteiger charge is 2.53. The second-order valence-electron chi connectivity index (χ2n) is 20.6. The molecule has 5 aliphatic rings. The Bertz CT molecular complexity index is 805. The molecule has 43 heavy (non-hydrogen) atoms. The van der Waals surface area contributed by atoms with Crippen molar-refractivity contribution in [3.63, 3.8) is 0 Å². The van der Waals surface area contributed by atoms with E-state index in [1.165, 1.54) is 25.7 Å². The van der Waals surface area contributed by atoms with Gasteiger partial charge in [0.1, 0.15) is 11.3 Å². The second kappa shape index (κ2) is 13.1. The maximum atomic E-state index is 13.8. The van der Waals surface area contributed by atoms with Crippen molar-refractivity contribution in [2.24, 2.45) is 50.2 Å². The summed E-state index contributed by atoms with van der Waals surface area (Å²) in [5, 5.41) is 0. The van der Waals surface area contributed by atoms with E-state index in [0.29, 0.717) is 22.2 Å². The van der Waals surface area contributed by atoms with E-state index in [1.54, 1.807) is 6.92 Å². The molecular weight excluding hydrogens is 544 g/mol. The van der Waals surface area contributed by atoms with Crippen LogP contribution in [-0.4, -0.2) is 17.3 Å². The fraction of sp³-hybridized carbons (Fsp3) is 1.00. The molecule has 0 radical (unpaired) electrons. The van der Waals surface area contributed by atoms with Crippen LogP contribution in [0, 0.1) is 50.2 Å². The zero-order chi connectivity index (χ0) is 34.3. The molecule has 0 aromatic heterocycles. The first-order valence-corrected chi connectivity index (χ1v) is 17.4. The first-order valence-electron chi connectivity index (χ1n) is 17.4. The van der Waals surface area contributed by atoms with E-state index in [0.717, 1.165) is 31.6 Å². The Morgan fingerprint density at radius 2 is 0.837 bits per heavy atom. The van der Waals surface area contributed by atoms with Crippen LogP contribution in [0.5, 0.6) is 0 Å². The lowest BCUT2D eigenvalue weighted by Gasteiger charge is -2.43. The monoisotopic (exact) mass is 619 g/mol. The van der Waals surface area contributed by atoms with E-state index in [9.17, 15) is 17.6 Å². The smallest absolute Gasteiger partial charge is 0.243 e. The van der Waals surface area contributed by atoms with Gasteiger partial charge in [-0.1, -0.05) is 111 Å². The highest BCUT2D eigenvalue weighted by molar-refractivity contribution is 5.03. The molecule has 0 bridgehead atoms. The number of halogens is 4. The minimum Gasteiger partial charge on any atom is -0.243 e. The lowest BCUT2D eigenvalue weighted by atomic mass is 9.66. The minimum absolute atomic E-state index is 0.0711. The van der Waals surface area contributed by atoms with Gasteiger partial charge in [0.15, 0.2) is 0 Å². The highest BCUT2D eigenvalue weighted by Crippen LogP contribution is 2.58. The van der Waals surface area contributed by atoms with E-state index in [-0.39, 0.29) is 35.0 Å². The van der Waals surface area contributed by atoms with Crippen LogP contribution in [0.1, 0.15) is 182 Å². The van der Waals surface area contributed by atoms with Crippen molar-refractivity contribution in [3.8, 4) is 0 Å². The van der Waals surface area contributed by atoms with Gasteiger partial charge in [-0.3, -0.25) is 0 Å². The minimum atomic E-state index is -2.35. The standard InChI is InChI=1S/C9H17F.C8H14F2.C8H16.C7H13F.C7H14/c1-8(2,3)9(4,10)7-5-6-7;1-7(2,3)6-4-8(9,10)5-6;1-7(2,3)8(4)5-6-8;1-6(2,3)7(8)4-5-7;1-7(2,3)6-4-5-6/h7H,5-6H2,1-4H3;6H,4-5H2,1-3H3;5-6H2,1-4H3;4-5H2,1-3H3;6H,4-5H2,1-3H3. The van der Waals surface area contributed by atoms with Crippen LogP contribution in [0.2, 0.25) is 0 Å². The maximum absolute atomic E-state index is 13.8. The van der Waals surface area contributed by atoms with Crippen LogP contribution < -0.4 is 0 Å². The fourth-order valence-corrected chi connectivity index (χ4v) is 5.26. The lowest BCUT2D eigenvalue weighted by Crippen LogP contribution is -2.42. The van der Waals surface area contributed by atoms with Gasteiger partial charge in [0.25, 0.3) is 0 Å². The van der Waals surface area contributed by atoms with E-state index >= 15 is 0 Å². The molecular formula is C39H74F4. The topological polar surface area (TPSA) is 0 Å². The fourth-order valence-electron chi connectivity index (χ4n) is 5.26. The van der Waals surface area contributed by atoms with E-state index in [1.807, 2.05) is 62.3 Å². The van der Waals surface area contributed by atoms with Crippen molar-refractivity contribution in [1.82, 2.24) is 0 Å². The molecule has 0 N–H and O–H groups in total. The summed E-state index contributed by atoms with van der Waals surface area (Å²) in [6.45, 7) is 36.0. The van der Waals surface area contributed by atoms with Gasteiger partial charge in [0, 0.05) is 12.8 Å². The van der Waals surface area contributed by atoms with E-state index in [2.05, 4.69) is 48.5 Å². The van der Waals surface area contributed by atoms with Crippen LogP contribution >= 0.6 is 0 Å².